The van der Waals surface area contributed by atoms with E-state index in [2.05, 4.69) is 10.2 Å². The number of rotatable bonds is 5. The number of carbonyl (C=O) groups excluding carboxylic acids is 2. The van der Waals surface area contributed by atoms with Crippen LogP contribution in [-0.2, 0) is 5.54 Å². The minimum atomic E-state index is -0.436. The maximum absolute atomic E-state index is 12.8. The summed E-state index contributed by atoms with van der Waals surface area (Å²) in [4.78, 5) is 26.9. The van der Waals surface area contributed by atoms with Gasteiger partial charge < -0.3 is 19.5 Å². The van der Waals surface area contributed by atoms with Gasteiger partial charge in [0.2, 0.25) is 0 Å². The Bertz CT molecular complexity index is 935. The molecule has 7 nitrogen and oxygen atoms in total. The molecule has 2 aromatic carbocycles. The Morgan fingerprint density at radius 3 is 2.55 bits per heavy atom. The zero-order chi connectivity index (χ0) is 20.4. The number of fused-ring (bicyclic) bond motifs is 2. The second-order valence-electron chi connectivity index (χ2n) is 7.36. The second-order valence-corrected chi connectivity index (χ2v) is 7.36. The molecule has 0 radical (unpaired) electrons. The van der Waals surface area contributed by atoms with Crippen LogP contribution in [0.1, 0.15) is 28.8 Å². The van der Waals surface area contributed by atoms with Crippen molar-refractivity contribution in [3.8, 4) is 17.2 Å². The smallest absolute Gasteiger partial charge is 0.413 e. The van der Waals surface area contributed by atoms with Crippen LogP contribution in [0.5, 0.6) is 17.2 Å². The van der Waals surface area contributed by atoms with Crippen molar-refractivity contribution in [1.29, 1.82) is 0 Å². The number of nitrogens with zero attached hydrogens (tertiary/aromatic N) is 1. The lowest BCUT2D eigenvalue weighted by molar-refractivity contribution is 0.0823. The van der Waals surface area contributed by atoms with Crippen LogP contribution < -0.4 is 19.5 Å². The molecule has 1 saturated heterocycles. The molecule has 1 fully saturated rings. The van der Waals surface area contributed by atoms with E-state index in [4.69, 9.17) is 14.2 Å². The van der Waals surface area contributed by atoms with Gasteiger partial charge in [-0.1, -0.05) is 18.2 Å². The number of hydrogen-bond donors (Lipinski definition) is 1. The minimum Gasteiger partial charge on any atom is -0.493 e. The summed E-state index contributed by atoms with van der Waals surface area (Å²) in [6.07, 6.45) is 1.02. The Balaban J connectivity index is 1.44. The maximum Gasteiger partial charge on any atom is 0.413 e. The van der Waals surface area contributed by atoms with Crippen molar-refractivity contribution in [1.82, 2.24) is 10.2 Å². The monoisotopic (exact) mass is 396 g/mol. The van der Waals surface area contributed by atoms with Gasteiger partial charge in [0.15, 0.2) is 17.3 Å². The lowest BCUT2D eigenvalue weighted by atomic mass is 9.79. The molecule has 2 aliphatic rings. The Hall–Kier alpha value is -3.06. The van der Waals surface area contributed by atoms with Crippen LogP contribution in [0.4, 0.5) is 4.79 Å². The quantitative estimate of drug-likeness (QED) is 0.783. The number of ketones is 1. The fourth-order valence-electron chi connectivity index (χ4n) is 4.13. The highest BCUT2D eigenvalue weighted by molar-refractivity contribution is 5.98. The summed E-state index contributed by atoms with van der Waals surface area (Å²) in [6.45, 7) is 1.72. The van der Waals surface area contributed by atoms with Crippen LogP contribution in [-0.4, -0.2) is 50.6 Å². The van der Waals surface area contributed by atoms with Gasteiger partial charge in [0.25, 0.3) is 0 Å². The molecule has 0 aliphatic carbocycles. The standard InChI is InChI=1S/C22H24N2O5/c1-27-19-8-7-15(13-20(19)28-2)17(25)14-24-11-9-22(10-12-24)16-5-3-4-6-18(16)29-21(26)23-22/h3-8,13H,9-12,14H2,1-2H3,(H,23,26). The lowest BCUT2D eigenvalue weighted by Crippen LogP contribution is -2.56. The van der Waals surface area contributed by atoms with E-state index in [0.29, 0.717) is 42.4 Å². The number of carbonyl (C=O) groups is 2. The summed E-state index contributed by atoms with van der Waals surface area (Å²) in [6, 6.07) is 12.8. The molecule has 0 unspecified atom stereocenters. The zero-order valence-corrected chi connectivity index (χ0v) is 16.6. The van der Waals surface area contributed by atoms with E-state index in [0.717, 1.165) is 18.4 Å². The van der Waals surface area contributed by atoms with Gasteiger partial charge in [-0.3, -0.25) is 9.69 Å². The summed E-state index contributed by atoms with van der Waals surface area (Å²) in [5, 5.41) is 3.02. The summed E-state index contributed by atoms with van der Waals surface area (Å²) in [5.41, 5.74) is 1.16. The molecular formula is C22H24N2O5. The van der Waals surface area contributed by atoms with E-state index in [9.17, 15) is 9.59 Å². The van der Waals surface area contributed by atoms with Gasteiger partial charge in [0, 0.05) is 24.2 Å². The fourth-order valence-corrected chi connectivity index (χ4v) is 4.13. The number of hydrogen-bond acceptors (Lipinski definition) is 6. The number of nitrogens with one attached hydrogen (secondary N) is 1. The average Bonchev–Trinajstić information content (AvgIpc) is 2.74. The van der Waals surface area contributed by atoms with Gasteiger partial charge >= 0.3 is 6.09 Å². The van der Waals surface area contributed by atoms with Crippen molar-refractivity contribution in [3.63, 3.8) is 0 Å². The molecule has 4 rings (SSSR count). The molecule has 152 valence electrons. The van der Waals surface area contributed by atoms with Gasteiger partial charge in [0.1, 0.15) is 5.75 Å². The highest BCUT2D eigenvalue weighted by atomic mass is 16.6. The molecule has 7 heteroatoms. The number of methoxy groups -OCH3 is 2. The van der Waals surface area contributed by atoms with E-state index < -0.39 is 11.6 Å². The number of likely N-dealkylation sites (tertiary alicyclic amines) is 1. The third-order valence-corrected chi connectivity index (χ3v) is 5.73. The normalized spacial score (nSPS) is 17.8. The first-order valence-corrected chi connectivity index (χ1v) is 9.62. The van der Waals surface area contributed by atoms with Crippen LogP contribution in [0.15, 0.2) is 42.5 Å². The Morgan fingerprint density at radius 1 is 1.10 bits per heavy atom. The predicted octanol–water partition coefficient (Wildman–Crippen LogP) is 2.98. The van der Waals surface area contributed by atoms with Gasteiger partial charge in [-0.15, -0.1) is 0 Å². The number of para-hydroxylation sites is 1. The summed E-state index contributed by atoms with van der Waals surface area (Å²) in [5.74, 6) is 1.78. The first kappa shape index (κ1) is 19.3. The maximum atomic E-state index is 12.8. The molecule has 1 amide bonds. The minimum absolute atomic E-state index is 0.0262. The molecule has 1 spiro atoms. The highest BCUT2D eigenvalue weighted by Crippen LogP contribution is 2.40. The molecular weight excluding hydrogens is 372 g/mol. The van der Waals surface area contributed by atoms with Gasteiger partial charge in [-0.2, -0.15) is 0 Å². The van der Waals surface area contributed by atoms with E-state index in [-0.39, 0.29) is 5.78 Å². The number of benzene rings is 2. The van der Waals surface area contributed by atoms with Crippen LogP contribution >= 0.6 is 0 Å². The van der Waals surface area contributed by atoms with Crippen molar-refractivity contribution >= 4 is 11.9 Å². The molecule has 0 saturated carbocycles. The van der Waals surface area contributed by atoms with Crippen LogP contribution in [0, 0.1) is 0 Å². The number of Topliss-reactive ketones (excluding diaryl/α,β-unsaturated/α-hetero) is 1. The molecule has 29 heavy (non-hydrogen) atoms. The Morgan fingerprint density at radius 2 is 1.83 bits per heavy atom. The molecule has 2 aliphatic heterocycles. The molecule has 1 N–H and O–H groups in total. The predicted molar refractivity (Wildman–Crippen MR) is 107 cm³/mol. The lowest BCUT2D eigenvalue weighted by Gasteiger charge is -2.44. The van der Waals surface area contributed by atoms with Crippen LogP contribution in [0.25, 0.3) is 0 Å². The van der Waals surface area contributed by atoms with E-state index in [1.807, 2.05) is 24.3 Å². The van der Waals surface area contributed by atoms with Gasteiger partial charge in [0.05, 0.1) is 26.3 Å². The molecule has 0 atom stereocenters. The van der Waals surface area contributed by atoms with Crippen LogP contribution in [0.3, 0.4) is 0 Å². The molecule has 0 aromatic heterocycles. The first-order chi connectivity index (χ1) is 14.0. The number of piperidine rings is 1. The van der Waals surface area contributed by atoms with Crippen molar-refractivity contribution in [3.05, 3.63) is 53.6 Å². The zero-order valence-electron chi connectivity index (χ0n) is 16.6. The topological polar surface area (TPSA) is 77.1 Å². The second kappa shape index (κ2) is 7.75. The van der Waals surface area contributed by atoms with Crippen molar-refractivity contribution in [2.75, 3.05) is 33.9 Å². The summed E-state index contributed by atoms with van der Waals surface area (Å²) >= 11 is 0. The van der Waals surface area contributed by atoms with E-state index in [1.54, 1.807) is 32.4 Å². The van der Waals surface area contributed by atoms with E-state index in [1.165, 1.54) is 0 Å². The number of ether oxygens (including phenoxy) is 3. The largest absolute Gasteiger partial charge is 0.493 e. The Labute approximate surface area is 169 Å². The van der Waals surface area contributed by atoms with Crippen molar-refractivity contribution in [2.24, 2.45) is 0 Å². The third kappa shape index (κ3) is 3.65. The fraction of sp³-hybridized carbons (Fsp3) is 0.364. The number of amides is 1. The van der Waals surface area contributed by atoms with Crippen molar-refractivity contribution < 1.29 is 23.8 Å². The SMILES string of the molecule is COc1ccc(C(=O)CN2CCC3(CC2)NC(=O)Oc2ccccc23)cc1OC. The summed E-state index contributed by atoms with van der Waals surface area (Å²) in [7, 11) is 3.12. The molecule has 2 aromatic rings. The van der Waals surface area contributed by atoms with Gasteiger partial charge in [-0.25, -0.2) is 4.79 Å². The van der Waals surface area contributed by atoms with Crippen molar-refractivity contribution in [2.45, 2.75) is 18.4 Å². The summed E-state index contributed by atoms with van der Waals surface area (Å²) < 4.78 is 15.8. The first-order valence-electron chi connectivity index (χ1n) is 9.62. The average molecular weight is 396 g/mol. The molecule has 0 bridgehead atoms. The highest BCUT2D eigenvalue weighted by Gasteiger charge is 2.43. The third-order valence-electron chi connectivity index (χ3n) is 5.73. The van der Waals surface area contributed by atoms with E-state index >= 15 is 0 Å². The van der Waals surface area contributed by atoms with Gasteiger partial charge in [-0.05, 0) is 37.1 Å². The van der Waals surface area contributed by atoms with Crippen LogP contribution in [0.2, 0.25) is 0 Å². The Kier molecular flexibility index (Phi) is 5.15. The molecule has 2 heterocycles.